The molecule has 0 heterocycles. The van der Waals surface area contributed by atoms with Crippen molar-refractivity contribution in [3.63, 3.8) is 0 Å². The minimum Gasteiger partial charge on any atom is -0.496 e. The first-order valence-electron chi connectivity index (χ1n) is 7.69. The van der Waals surface area contributed by atoms with Gasteiger partial charge in [0.15, 0.2) is 0 Å². The van der Waals surface area contributed by atoms with E-state index in [0.717, 1.165) is 24.2 Å². The van der Waals surface area contributed by atoms with Crippen LogP contribution in [0.1, 0.15) is 55.5 Å². The molecule has 2 rings (SSSR count). The fourth-order valence-corrected chi connectivity index (χ4v) is 2.63. The Kier molecular flexibility index (Phi) is 5.62. The maximum Gasteiger partial charge on any atom is 0.251 e. The third-order valence-corrected chi connectivity index (χ3v) is 3.81. The molecule has 4 nitrogen and oxygen atoms in total. The van der Waals surface area contributed by atoms with E-state index < -0.39 is 0 Å². The van der Waals surface area contributed by atoms with Crippen LogP contribution < -0.4 is 10.1 Å². The molecular formula is C17H25NO3. The molecule has 1 aromatic carbocycles. The van der Waals surface area contributed by atoms with E-state index in [1.54, 1.807) is 7.11 Å². The smallest absolute Gasteiger partial charge is 0.251 e. The number of rotatable bonds is 6. The SMILES string of the molecule is COc1ccc(C(=O)NC2CCCC2)cc1COC(C)C. The van der Waals surface area contributed by atoms with Crippen molar-refractivity contribution in [3.8, 4) is 5.75 Å². The molecule has 1 amide bonds. The van der Waals surface area contributed by atoms with Gasteiger partial charge in [-0.15, -0.1) is 0 Å². The molecule has 1 N–H and O–H groups in total. The highest BCUT2D eigenvalue weighted by molar-refractivity contribution is 5.94. The summed E-state index contributed by atoms with van der Waals surface area (Å²) in [6.45, 7) is 4.43. The van der Waals surface area contributed by atoms with Gasteiger partial charge in [0.1, 0.15) is 5.75 Å². The molecule has 1 aliphatic carbocycles. The number of carbonyl (C=O) groups is 1. The Hall–Kier alpha value is -1.55. The maximum absolute atomic E-state index is 12.3. The highest BCUT2D eigenvalue weighted by Gasteiger charge is 2.18. The summed E-state index contributed by atoms with van der Waals surface area (Å²) in [6, 6.07) is 5.84. The topological polar surface area (TPSA) is 47.6 Å². The fraction of sp³-hybridized carbons (Fsp3) is 0.588. The summed E-state index contributed by atoms with van der Waals surface area (Å²) in [6.07, 6.45) is 4.74. The van der Waals surface area contributed by atoms with Crippen LogP contribution >= 0.6 is 0 Å². The molecule has 0 aliphatic heterocycles. The van der Waals surface area contributed by atoms with E-state index in [2.05, 4.69) is 5.32 Å². The Morgan fingerprint density at radius 1 is 1.33 bits per heavy atom. The predicted octanol–water partition coefficient (Wildman–Crippen LogP) is 3.29. The van der Waals surface area contributed by atoms with Gasteiger partial charge in [0.05, 0.1) is 19.8 Å². The molecular weight excluding hydrogens is 266 g/mol. The predicted molar refractivity (Wildman–Crippen MR) is 82.6 cm³/mol. The van der Waals surface area contributed by atoms with Gasteiger partial charge in [0, 0.05) is 17.2 Å². The van der Waals surface area contributed by atoms with Crippen molar-refractivity contribution < 1.29 is 14.3 Å². The third-order valence-electron chi connectivity index (χ3n) is 3.81. The lowest BCUT2D eigenvalue weighted by Crippen LogP contribution is -2.32. The summed E-state index contributed by atoms with van der Waals surface area (Å²) >= 11 is 0. The number of ether oxygens (including phenoxy) is 2. The summed E-state index contributed by atoms with van der Waals surface area (Å²) in [5.41, 5.74) is 1.58. The molecule has 0 aromatic heterocycles. The van der Waals surface area contributed by atoms with E-state index in [0.29, 0.717) is 18.2 Å². The van der Waals surface area contributed by atoms with Crippen molar-refractivity contribution in [3.05, 3.63) is 29.3 Å². The van der Waals surface area contributed by atoms with Crippen molar-refractivity contribution >= 4 is 5.91 Å². The van der Waals surface area contributed by atoms with Crippen LogP contribution in [-0.4, -0.2) is 25.2 Å². The minimum absolute atomic E-state index is 0.00431. The molecule has 1 aromatic rings. The monoisotopic (exact) mass is 291 g/mol. The van der Waals surface area contributed by atoms with Gasteiger partial charge in [-0.05, 0) is 44.9 Å². The Labute approximate surface area is 126 Å². The molecule has 0 saturated heterocycles. The highest BCUT2D eigenvalue weighted by atomic mass is 16.5. The van der Waals surface area contributed by atoms with Crippen LogP contribution in [0.2, 0.25) is 0 Å². The van der Waals surface area contributed by atoms with E-state index in [1.807, 2.05) is 32.0 Å². The fourth-order valence-electron chi connectivity index (χ4n) is 2.63. The molecule has 0 unspecified atom stereocenters. The second-order valence-electron chi connectivity index (χ2n) is 5.84. The number of hydrogen-bond acceptors (Lipinski definition) is 3. The number of methoxy groups -OCH3 is 1. The van der Waals surface area contributed by atoms with Crippen molar-refractivity contribution in [1.29, 1.82) is 0 Å². The first-order chi connectivity index (χ1) is 10.1. The molecule has 1 fully saturated rings. The average Bonchev–Trinajstić information content (AvgIpc) is 2.97. The zero-order valence-electron chi connectivity index (χ0n) is 13.1. The molecule has 1 saturated carbocycles. The van der Waals surface area contributed by atoms with Crippen molar-refractivity contribution in [2.24, 2.45) is 0 Å². The highest BCUT2D eigenvalue weighted by Crippen LogP contribution is 2.22. The molecule has 0 bridgehead atoms. The van der Waals surface area contributed by atoms with Crippen LogP contribution in [0.4, 0.5) is 0 Å². The molecule has 116 valence electrons. The van der Waals surface area contributed by atoms with Gasteiger partial charge in [0.25, 0.3) is 5.91 Å². The maximum atomic E-state index is 12.3. The third kappa shape index (κ3) is 4.46. The van der Waals surface area contributed by atoms with Gasteiger partial charge in [-0.3, -0.25) is 4.79 Å². The summed E-state index contributed by atoms with van der Waals surface area (Å²) in [4.78, 5) is 12.3. The zero-order valence-corrected chi connectivity index (χ0v) is 13.1. The standard InChI is InChI=1S/C17H25NO3/c1-12(2)21-11-14-10-13(8-9-16(14)20-3)17(19)18-15-6-4-5-7-15/h8-10,12,15H,4-7,11H2,1-3H3,(H,18,19). The largest absolute Gasteiger partial charge is 0.496 e. The Morgan fingerprint density at radius 3 is 2.67 bits per heavy atom. The van der Waals surface area contributed by atoms with Crippen LogP contribution in [-0.2, 0) is 11.3 Å². The number of hydrogen-bond donors (Lipinski definition) is 1. The van der Waals surface area contributed by atoms with Gasteiger partial charge in [-0.2, -0.15) is 0 Å². The van der Waals surface area contributed by atoms with Crippen molar-refractivity contribution in [2.45, 2.75) is 58.3 Å². The van der Waals surface area contributed by atoms with Crippen LogP contribution in [0.25, 0.3) is 0 Å². The molecule has 0 spiro atoms. The van der Waals surface area contributed by atoms with Crippen LogP contribution in [0.15, 0.2) is 18.2 Å². The number of amides is 1. The molecule has 1 aliphatic rings. The first kappa shape index (κ1) is 15.8. The van der Waals surface area contributed by atoms with Gasteiger partial charge in [-0.1, -0.05) is 12.8 Å². The van der Waals surface area contributed by atoms with E-state index in [9.17, 15) is 4.79 Å². The quantitative estimate of drug-likeness (QED) is 0.875. The van der Waals surface area contributed by atoms with Crippen LogP contribution in [0.3, 0.4) is 0 Å². The lowest BCUT2D eigenvalue weighted by atomic mass is 10.1. The summed E-state index contributed by atoms with van der Waals surface area (Å²) in [5, 5.41) is 3.10. The lowest BCUT2D eigenvalue weighted by molar-refractivity contribution is 0.0644. The molecule has 0 atom stereocenters. The Morgan fingerprint density at radius 2 is 2.05 bits per heavy atom. The average molecular weight is 291 g/mol. The van der Waals surface area contributed by atoms with Gasteiger partial charge in [0.2, 0.25) is 0 Å². The van der Waals surface area contributed by atoms with Crippen molar-refractivity contribution in [1.82, 2.24) is 5.32 Å². The summed E-state index contributed by atoms with van der Waals surface area (Å²) in [5.74, 6) is 0.753. The minimum atomic E-state index is -0.00431. The van der Waals surface area contributed by atoms with Gasteiger partial charge in [-0.25, -0.2) is 0 Å². The number of benzene rings is 1. The van der Waals surface area contributed by atoms with E-state index in [-0.39, 0.29) is 12.0 Å². The number of nitrogens with one attached hydrogen (secondary N) is 1. The van der Waals surface area contributed by atoms with E-state index >= 15 is 0 Å². The molecule has 4 heteroatoms. The van der Waals surface area contributed by atoms with Crippen LogP contribution in [0, 0.1) is 0 Å². The van der Waals surface area contributed by atoms with Crippen LogP contribution in [0.5, 0.6) is 5.75 Å². The molecule has 0 radical (unpaired) electrons. The van der Waals surface area contributed by atoms with Gasteiger partial charge < -0.3 is 14.8 Å². The van der Waals surface area contributed by atoms with Gasteiger partial charge >= 0.3 is 0 Å². The second-order valence-corrected chi connectivity index (χ2v) is 5.84. The van der Waals surface area contributed by atoms with Crippen molar-refractivity contribution in [2.75, 3.05) is 7.11 Å². The summed E-state index contributed by atoms with van der Waals surface area (Å²) < 4.78 is 11.0. The lowest BCUT2D eigenvalue weighted by Gasteiger charge is -2.15. The number of carbonyl (C=O) groups excluding carboxylic acids is 1. The summed E-state index contributed by atoms with van der Waals surface area (Å²) in [7, 11) is 1.63. The first-order valence-corrected chi connectivity index (χ1v) is 7.69. The van der Waals surface area contributed by atoms with E-state index in [4.69, 9.17) is 9.47 Å². The Bertz CT molecular complexity index is 479. The normalized spacial score (nSPS) is 15.4. The Balaban J connectivity index is 2.08. The molecule has 21 heavy (non-hydrogen) atoms. The zero-order chi connectivity index (χ0) is 15.2. The second kappa shape index (κ2) is 7.46. The van der Waals surface area contributed by atoms with E-state index in [1.165, 1.54) is 12.8 Å².